The Morgan fingerprint density at radius 3 is 2.77 bits per heavy atom. The molecule has 2 heterocycles. The van der Waals surface area contributed by atoms with E-state index in [2.05, 4.69) is 15.3 Å². The van der Waals surface area contributed by atoms with Gasteiger partial charge in [0.2, 0.25) is 0 Å². The lowest BCUT2D eigenvalue weighted by Crippen LogP contribution is -2.51. The maximum Gasteiger partial charge on any atom is 0.317 e. The number of hydrogen-bond acceptors (Lipinski definition) is 4. The number of aromatic nitrogens is 2. The van der Waals surface area contributed by atoms with Crippen molar-refractivity contribution in [3.05, 3.63) is 24.0 Å². The van der Waals surface area contributed by atoms with Crippen molar-refractivity contribution in [2.45, 2.75) is 57.4 Å². The van der Waals surface area contributed by atoms with Gasteiger partial charge in [-0.05, 0) is 43.2 Å². The molecule has 2 aliphatic rings. The number of methoxy groups -OCH3 is 1. The Bertz CT molecular complexity index is 921. The van der Waals surface area contributed by atoms with Crippen molar-refractivity contribution in [2.75, 3.05) is 20.2 Å². The van der Waals surface area contributed by atoms with Crippen LogP contribution in [0, 0.1) is 11.8 Å². The summed E-state index contributed by atoms with van der Waals surface area (Å²) in [6.07, 6.45) is 7.12. The van der Waals surface area contributed by atoms with Gasteiger partial charge in [-0.1, -0.05) is 19.3 Å². The van der Waals surface area contributed by atoms with Crippen LogP contribution >= 0.6 is 0 Å². The van der Waals surface area contributed by atoms with Crippen molar-refractivity contribution in [2.24, 2.45) is 11.8 Å². The molecule has 0 spiro atoms. The van der Waals surface area contributed by atoms with Gasteiger partial charge >= 0.3 is 12.0 Å². The SMILES string of the molecule is COc1ccc2nc(C[C@H]3CN(C(=O)NC4CCCCC4)CC[C@H]3CC(=O)O)[nH]c2c1. The molecular weight excluding hydrogens is 396 g/mol. The minimum absolute atomic E-state index is 0.0139. The van der Waals surface area contributed by atoms with Crippen LogP contribution in [0.25, 0.3) is 11.0 Å². The number of carbonyl (C=O) groups is 2. The molecule has 1 aromatic carbocycles. The standard InChI is InChI=1S/C23H32N4O4/c1-31-18-7-8-19-20(13-18)26-21(25-19)11-16-14-27(10-9-15(16)12-22(28)29)23(30)24-17-5-3-2-4-6-17/h7-8,13,15-17H,2-6,9-12,14H2,1H3,(H,24,30)(H,25,26)(H,28,29)/t15-,16-/m0/s1. The Labute approximate surface area is 182 Å². The van der Waals surface area contributed by atoms with Crippen LogP contribution in [0.2, 0.25) is 0 Å². The van der Waals surface area contributed by atoms with E-state index in [-0.39, 0.29) is 30.3 Å². The topological polar surface area (TPSA) is 108 Å². The average molecular weight is 429 g/mol. The molecule has 3 N–H and O–H groups in total. The number of urea groups is 1. The monoisotopic (exact) mass is 428 g/mol. The second-order valence-corrected chi connectivity index (χ2v) is 8.91. The number of hydrogen-bond donors (Lipinski definition) is 3. The molecule has 2 aromatic rings. The Morgan fingerprint density at radius 2 is 2.03 bits per heavy atom. The third kappa shape index (κ3) is 5.29. The van der Waals surface area contributed by atoms with Crippen LogP contribution in [0.5, 0.6) is 5.75 Å². The van der Waals surface area contributed by atoms with E-state index in [0.29, 0.717) is 25.9 Å². The number of carboxylic acid groups (broad SMARTS) is 1. The van der Waals surface area contributed by atoms with E-state index < -0.39 is 5.97 Å². The van der Waals surface area contributed by atoms with Crippen LogP contribution in [0.15, 0.2) is 18.2 Å². The summed E-state index contributed by atoms with van der Waals surface area (Å²) in [5.41, 5.74) is 1.75. The second kappa shape index (κ2) is 9.58. The van der Waals surface area contributed by atoms with Crippen LogP contribution in [0.1, 0.15) is 50.8 Å². The van der Waals surface area contributed by atoms with Gasteiger partial charge in [-0.2, -0.15) is 0 Å². The molecule has 8 heteroatoms. The maximum absolute atomic E-state index is 12.9. The minimum atomic E-state index is -0.788. The first-order valence-corrected chi connectivity index (χ1v) is 11.3. The third-order valence-electron chi connectivity index (χ3n) is 6.74. The highest BCUT2D eigenvalue weighted by atomic mass is 16.5. The van der Waals surface area contributed by atoms with Crippen LogP contribution in [0.3, 0.4) is 0 Å². The smallest absolute Gasteiger partial charge is 0.317 e. The number of H-pyrrole nitrogens is 1. The maximum atomic E-state index is 12.9. The van der Waals surface area contributed by atoms with Crippen LogP contribution in [-0.4, -0.2) is 58.2 Å². The predicted octanol–water partition coefficient (Wildman–Crippen LogP) is 3.57. The van der Waals surface area contributed by atoms with Crippen LogP contribution in [0.4, 0.5) is 4.79 Å². The molecular formula is C23H32N4O4. The summed E-state index contributed by atoms with van der Waals surface area (Å²) < 4.78 is 5.28. The molecule has 2 atom stereocenters. The van der Waals surface area contributed by atoms with Gasteiger partial charge in [-0.25, -0.2) is 9.78 Å². The number of aromatic amines is 1. The third-order valence-corrected chi connectivity index (χ3v) is 6.74. The average Bonchev–Trinajstić information content (AvgIpc) is 3.16. The summed E-state index contributed by atoms with van der Waals surface area (Å²) in [5.74, 6) is 0.862. The lowest BCUT2D eigenvalue weighted by molar-refractivity contribution is -0.139. The molecule has 1 aliphatic carbocycles. The van der Waals surface area contributed by atoms with Crippen molar-refractivity contribution in [3.63, 3.8) is 0 Å². The van der Waals surface area contributed by atoms with Gasteiger partial charge in [0, 0.05) is 38.0 Å². The van der Waals surface area contributed by atoms with Gasteiger partial charge < -0.3 is 25.0 Å². The molecule has 31 heavy (non-hydrogen) atoms. The molecule has 168 valence electrons. The molecule has 1 aromatic heterocycles. The quantitative estimate of drug-likeness (QED) is 0.652. The van der Waals surface area contributed by atoms with Crippen molar-refractivity contribution in [1.29, 1.82) is 0 Å². The number of carbonyl (C=O) groups excluding carboxylic acids is 1. The molecule has 1 saturated heterocycles. The van der Waals surface area contributed by atoms with E-state index >= 15 is 0 Å². The fourth-order valence-electron chi connectivity index (χ4n) is 5.02. The van der Waals surface area contributed by atoms with Gasteiger partial charge in [0.15, 0.2) is 0 Å². The highest BCUT2D eigenvalue weighted by Gasteiger charge is 2.34. The summed E-state index contributed by atoms with van der Waals surface area (Å²) in [7, 11) is 1.63. The van der Waals surface area contributed by atoms with E-state index in [1.54, 1.807) is 7.11 Å². The molecule has 0 bridgehead atoms. The second-order valence-electron chi connectivity index (χ2n) is 8.91. The number of aliphatic carboxylic acids is 1. The largest absolute Gasteiger partial charge is 0.497 e. The summed E-state index contributed by atoms with van der Waals surface area (Å²) in [6, 6.07) is 5.94. The number of ether oxygens (including phenoxy) is 1. The highest BCUT2D eigenvalue weighted by molar-refractivity contribution is 5.77. The number of carboxylic acids is 1. The number of fused-ring (bicyclic) bond motifs is 1. The molecule has 1 aliphatic heterocycles. The first-order valence-electron chi connectivity index (χ1n) is 11.3. The molecule has 2 fully saturated rings. The predicted molar refractivity (Wildman–Crippen MR) is 117 cm³/mol. The fourth-order valence-corrected chi connectivity index (χ4v) is 5.02. The van der Waals surface area contributed by atoms with Gasteiger partial charge in [0.1, 0.15) is 11.6 Å². The van der Waals surface area contributed by atoms with Crippen molar-refractivity contribution >= 4 is 23.0 Å². The zero-order chi connectivity index (χ0) is 21.8. The van der Waals surface area contributed by atoms with Crippen LogP contribution in [-0.2, 0) is 11.2 Å². The number of benzene rings is 1. The molecule has 4 rings (SSSR count). The number of piperidine rings is 1. The lowest BCUT2D eigenvalue weighted by atomic mass is 9.81. The highest BCUT2D eigenvalue weighted by Crippen LogP contribution is 2.30. The molecule has 0 unspecified atom stereocenters. The normalized spacial score (nSPS) is 22.4. The van der Waals surface area contributed by atoms with E-state index in [1.807, 2.05) is 23.1 Å². The Morgan fingerprint density at radius 1 is 1.23 bits per heavy atom. The summed E-state index contributed by atoms with van der Waals surface area (Å²) in [4.78, 5) is 34.2. The van der Waals surface area contributed by atoms with Gasteiger partial charge in [-0.15, -0.1) is 0 Å². The summed E-state index contributed by atoms with van der Waals surface area (Å²) in [6.45, 7) is 1.15. The first-order chi connectivity index (χ1) is 15.0. The van der Waals surface area contributed by atoms with Gasteiger partial charge in [0.05, 0.1) is 18.1 Å². The molecule has 8 nitrogen and oxygen atoms in total. The zero-order valence-corrected chi connectivity index (χ0v) is 18.1. The van der Waals surface area contributed by atoms with Crippen molar-refractivity contribution < 1.29 is 19.4 Å². The Hall–Kier alpha value is -2.77. The number of likely N-dealkylation sites (tertiary alicyclic amines) is 1. The first kappa shape index (κ1) is 21.5. The van der Waals surface area contributed by atoms with E-state index in [9.17, 15) is 14.7 Å². The summed E-state index contributed by atoms with van der Waals surface area (Å²) in [5, 5.41) is 12.6. The van der Waals surface area contributed by atoms with E-state index in [0.717, 1.165) is 35.4 Å². The number of rotatable bonds is 6. The number of nitrogens with one attached hydrogen (secondary N) is 2. The molecule has 1 saturated carbocycles. The lowest BCUT2D eigenvalue weighted by Gasteiger charge is -2.38. The number of nitrogens with zero attached hydrogens (tertiary/aromatic N) is 2. The molecule has 0 radical (unpaired) electrons. The minimum Gasteiger partial charge on any atom is -0.497 e. The number of amides is 2. The zero-order valence-electron chi connectivity index (χ0n) is 18.1. The van der Waals surface area contributed by atoms with Crippen molar-refractivity contribution in [3.8, 4) is 5.75 Å². The molecule has 2 amide bonds. The Kier molecular flexibility index (Phi) is 6.63. The van der Waals surface area contributed by atoms with E-state index in [4.69, 9.17) is 4.74 Å². The number of imidazole rings is 1. The van der Waals surface area contributed by atoms with Gasteiger partial charge in [0.25, 0.3) is 0 Å². The van der Waals surface area contributed by atoms with E-state index in [1.165, 1.54) is 19.3 Å². The fraction of sp³-hybridized carbons (Fsp3) is 0.609. The van der Waals surface area contributed by atoms with Crippen molar-refractivity contribution in [1.82, 2.24) is 20.2 Å². The van der Waals surface area contributed by atoms with Gasteiger partial charge in [-0.3, -0.25) is 4.79 Å². The Balaban J connectivity index is 1.46. The van der Waals surface area contributed by atoms with Crippen LogP contribution < -0.4 is 10.1 Å². The summed E-state index contributed by atoms with van der Waals surface area (Å²) >= 11 is 0.